The van der Waals surface area contributed by atoms with Gasteiger partial charge in [-0.05, 0) is 54.9 Å². The van der Waals surface area contributed by atoms with Crippen LogP contribution in [-0.2, 0) is 11.3 Å². The fraction of sp³-hybridized carbons (Fsp3) is 0.333. The highest BCUT2D eigenvalue weighted by Gasteiger charge is 2.47. The van der Waals surface area contributed by atoms with Crippen molar-refractivity contribution in [2.45, 2.75) is 38.0 Å². The third kappa shape index (κ3) is 4.04. The second-order valence-corrected chi connectivity index (χ2v) is 8.44. The van der Waals surface area contributed by atoms with Crippen molar-refractivity contribution in [1.82, 2.24) is 14.9 Å². The summed E-state index contributed by atoms with van der Waals surface area (Å²) < 4.78 is 34.2. The zero-order chi connectivity index (χ0) is 21.4. The Kier molecular flexibility index (Phi) is 5.18. The highest BCUT2D eigenvalue weighted by atomic mass is 19.2. The summed E-state index contributed by atoms with van der Waals surface area (Å²) in [7, 11) is 0. The average molecular weight is 423 g/mol. The van der Waals surface area contributed by atoms with Gasteiger partial charge in [0, 0.05) is 23.8 Å². The van der Waals surface area contributed by atoms with Crippen LogP contribution in [0.25, 0.3) is 11.3 Å². The lowest BCUT2D eigenvalue weighted by molar-refractivity contribution is 0.130. The van der Waals surface area contributed by atoms with E-state index in [4.69, 9.17) is 4.74 Å². The van der Waals surface area contributed by atoms with Gasteiger partial charge in [-0.25, -0.2) is 18.6 Å². The number of aromatic nitrogens is 2. The zero-order valence-corrected chi connectivity index (χ0v) is 16.9. The molecule has 31 heavy (non-hydrogen) atoms. The summed E-state index contributed by atoms with van der Waals surface area (Å²) in [6.45, 7) is 0.262. The molecule has 0 radical (unpaired) electrons. The van der Waals surface area contributed by atoms with E-state index in [1.54, 1.807) is 6.33 Å². The van der Waals surface area contributed by atoms with Crippen molar-refractivity contribution in [3.63, 3.8) is 0 Å². The summed E-state index contributed by atoms with van der Waals surface area (Å²) in [6, 6.07) is 13.9. The summed E-state index contributed by atoms with van der Waals surface area (Å²) in [5.74, 6) is -0.901. The van der Waals surface area contributed by atoms with Crippen LogP contribution in [0.15, 0.2) is 61.1 Å². The quantitative estimate of drug-likeness (QED) is 0.622. The number of carbonyl (C=O) groups excluding carboxylic acids is 1. The van der Waals surface area contributed by atoms with Crippen LogP contribution in [-0.4, -0.2) is 21.7 Å². The van der Waals surface area contributed by atoms with Crippen molar-refractivity contribution in [3.8, 4) is 11.3 Å². The van der Waals surface area contributed by atoms with E-state index in [1.165, 1.54) is 12.1 Å². The van der Waals surface area contributed by atoms with Crippen molar-refractivity contribution >= 4 is 6.09 Å². The van der Waals surface area contributed by atoms with Gasteiger partial charge in [-0.15, -0.1) is 0 Å². The highest BCUT2D eigenvalue weighted by Crippen LogP contribution is 2.51. The zero-order valence-electron chi connectivity index (χ0n) is 16.9. The average Bonchev–Trinajstić information content (AvgIpc) is 3.50. The third-order valence-corrected chi connectivity index (χ3v) is 6.54. The van der Waals surface area contributed by atoms with Crippen molar-refractivity contribution in [2.24, 2.45) is 11.8 Å². The van der Waals surface area contributed by atoms with E-state index >= 15 is 0 Å². The number of hydrogen-bond donors (Lipinski definition) is 1. The second kappa shape index (κ2) is 8.13. The molecule has 0 aliphatic heterocycles. The Morgan fingerprint density at radius 3 is 2.65 bits per heavy atom. The topological polar surface area (TPSA) is 56.2 Å². The first-order chi connectivity index (χ1) is 15.1. The van der Waals surface area contributed by atoms with Crippen LogP contribution in [0.2, 0.25) is 0 Å². The minimum absolute atomic E-state index is 0.124. The molecule has 3 aromatic rings. The molecule has 2 bridgehead atoms. The van der Waals surface area contributed by atoms with Gasteiger partial charge >= 0.3 is 6.09 Å². The van der Waals surface area contributed by atoms with Crippen LogP contribution in [0.4, 0.5) is 13.6 Å². The smallest absolute Gasteiger partial charge is 0.407 e. The van der Waals surface area contributed by atoms with Gasteiger partial charge in [0.05, 0.1) is 12.0 Å². The number of carbonyl (C=O) groups is 1. The Labute approximate surface area is 179 Å². The summed E-state index contributed by atoms with van der Waals surface area (Å²) in [4.78, 5) is 16.6. The molecule has 0 spiro atoms. The Morgan fingerprint density at radius 1 is 1.06 bits per heavy atom. The number of nitrogens with zero attached hydrogens (tertiary/aromatic N) is 2. The van der Waals surface area contributed by atoms with Crippen LogP contribution in [0, 0.1) is 23.5 Å². The van der Waals surface area contributed by atoms with E-state index in [0.29, 0.717) is 29.1 Å². The molecule has 0 saturated heterocycles. The lowest BCUT2D eigenvalue weighted by Crippen LogP contribution is -2.40. The molecule has 2 saturated carbocycles. The van der Waals surface area contributed by atoms with Gasteiger partial charge in [-0.2, -0.15) is 0 Å². The number of benzene rings is 2. The number of hydrogen-bond acceptors (Lipinski definition) is 3. The number of amides is 1. The summed E-state index contributed by atoms with van der Waals surface area (Å²) in [5, 5.41) is 3.03. The van der Waals surface area contributed by atoms with Crippen molar-refractivity contribution in [3.05, 3.63) is 78.3 Å². The van der Waals surface area contributed by atoms with E-state index in [2.05, 4.69) is 14.9 Å². The molecule has 0 unspecified atom stereocenters. The lowest BCUT2D eigenvalue weighted by Gasteiger charge is -2.29. The summed E-state index contributed by atoms with van der Waals surface area (Å²) in [5.41, 5.74) is 2.14. The minimum atomic E-state index is -0.875. The van der Waals surface area contributed by atoms with Gasteiger partial charge in [-0.1, -0.05) is 30.3 Å². The predicted molar refractivity (Wildman–Crippen MR) is 111 cm³/mol. The first-order valence-electron chi connectivity index (χ1n) is 10.5. The van der Waals surface area contributed by atoms with Gasteiger partial charge in [0.25, 0.3) is 0 Å². The summed E-state index contributed by atoms with van der Waals surface area (Å²) in [6.07, 6.45) is 6.18. The molecule has 2 aromatic carbocycles. The fourth-order valence-corrected chi connectivity index (χ4v) is 5.03. The first kappa shape index (κ1) is 19.7. The maximum atomic E-state index is 13.5. The van der Waals surface area contributed by atoms with E-state index in [9.17, 15) is 13.6 Å². The second-order valence-electron chi connectivity index (χ2n) is 8.44. The van der Waals surface area contributed by atoms with Crippen LogP contribution in [0.3, 0.4) is 0 Å². The van der Waals surface area contributed by atoms with Gasteiger partial charge in [0.2, 0.25) is 0 Å². The van der Waals surface area contributed by atoms with Gasteiger partial charge in [-0.3, -0.25) is 0 Å². The van der Waals surface area contributed by atoms with E-state index in [1.807, 2.05) is 36.5 Å². The number of halogens is 2. The number of alkyl carbamates (subject to hydrolysis) is 1. The minimum Gasteiger partial charge on any atom is -0.445 e. The molecular weight excluding hydrogens is 400 g/mol. The molecule has 4 atom stereocenters. The molecule has 1 amide bonds. The van der Waals surface area contributed by atoms with Gasteiger partial charge in [0.1, 0.15) is 6.61 Å². The Hall–Kier alpha value is -3.22. The fourth-order valence-electron chi connectivity index (χ4n) is 5.03. The van der Waals surface area contributed by atoms with E-state index in [-0.39, 0.29) is 18.7 Å². The van der Waals surface area contributed by atoms with Crippen molar-refractivity contribution in [2.75, 3.05) is 0 Å². The SMILES string of the molecule is O=C(N[C@H]1C[C@H]2C[C@@H]1C[C@@H]2n1cnc(-c2ccc(F)c(F)c2)c1)OCc1ccccc1. The molecule has 2 aliphatic carbocycles. The highest BCUT2D eigenvalue weighted by molar-refractivity contribution is 5.67. The molecule has 5 nitrogen and oxygen atoms in total. The third-order valence-electron chi connectivity index (χ3n) is 6.54. The monoisotopic (exact) mass is 423 g/mol. The molecule has 2 fully saturated rings. The number of ether oxygens (including phenoxy) is 1. The summed E-state index contributed by atoms with van der Waals surface area (Å²) >= 11 is 0. The van der Waals surface area contributed by atoms with Crippen LogP contribution in [0.1, 0.15) is 30.9 Å². The Morgan fingerprint density at radius 2 is 1.90 bits per heavy atom. The Balaban J connectivity index is 1.17. The molecule has 7 heteroatoms. The molecule has 1 N–H and O–H groups in total. The van der Waals surface area contributed by atoms with Crippen molar-refractivity contribution < 1.29 is 18.3 Å². The molecule has 5 rings (SSSR count). The first-order valence-corrected chi connectivity index (χ1v) is 10.5. The predicted octanol–water partition coefficient (Wildman–Crippen LogP) is 5.09. The standard InChI is InChI=1S/C24H23F2N3O2/c25-19-7-6-16(9-20(19)26)22-12-29(14-27-22)23-11-17-8-18(23)10-21(17)28-24(30)31-13-15-4-2-1-3-5-15/h1-7,9,12,14,17-18,21,23H,8,10-11,13H2,(H,28,30)/t17-,18-,21+,23+/m1/s1. The molecule has 1 heterocycles. The van der Waals surface area contributed by atoms with Crippen molar-refractivity contribution in [1.29, 1.82) is 0 Å². The maximum absolute atomic E-state index is 13.5. The number of imidazole rings is 1. The molecular formula is C24H23F2N3O2. The molecule has 1 aromatic heterocycles. The van der Waals surface area contributed by atoms with Gasteiger partial charge in [0.15, 0.2) is 11.6 Å². The number of fused-ring (bicyclic) bond motifs is 2. The van der Waals surface area contributed by atoms with Crippen LogP contribution in [0.5, 0.6) is 0 Å². The molecule has 160 valence electrons. The van der Waals surface area contributed by atoms with E-state index in [0.717, 1.165) is 30.9 Å². The molecule has 2 aliphatic rings. The Bertz CT molecular complexity index is 1090. The van der Waals surface area contributed by atoms with Gasteiger partial charge < -0.3 is 14.6 Å². The largest absolute Gasteiger partial charge is 0.445 e. The van der Waals surface area contributed by atoms with Crippen LogP contribution >= 0.6 is 0 Å². The number of nitrogens with one attached hydrogen (secondary N) is 1. The lowest BCUT2D eigenvalue weighted by atomic mass is 9.91. The normalized spacial score (nSPS) is 24.3. The number of rotatable bonds is 5. The maximum Gasteiger partial charge on any atom is 0.407 e. The van der Waals surface area contributed by atoms with E-state index < -0.39 is 11.6 Å². The van der Waals surface area contributed by atoms with Crippen LogP contribution < -0.4 is 5.32 Å².